The maximum Gasteiger partial charge on any atom is 0.165 e. The number of hydrogen-bond donors (Lipinski definition) is 0. The van der Waals surface area contributed by atoms with Gasteiger partial charge in [-0.2, -0.15) is 0 Å². The third-order valence-electron chi connectivity index (χ3n) is 9.75. The van der Waals surface area contributed by atoms with Crippen LogP contribution in [0.25, 0.3) is 85.6 Å². The Balaban J connectivity index is 1.23. The molecule has 0 saturated heterocycles. The van der Waals surface area contributed by atoms with Crippen molar-refractivity contribution in [1.82, 2.24) is 15.0 Å². The normalized spacial score (nSPS) is 13.5. The van der Waals surface area contributed by atoms with Crippen LogP contribution in [0.1, 0.15) is 25.0 Å². The molecule has 0 spiro atoms. The maximum absolute atomic E-state index is 5.08. The van der Waals surface area contributed by atoms with Crippen LogP contribution in [0.2, 0.25) is 0 Å². The first kappa shape index (κ1) is 26.9. The summed E-state index contributed by atoms with van der Waals surface area (Å²) in [5, 5.41) is 5.24. The summed E-state index contributed by atoms with van der Waals surface area (Å²) in [5.41, 5.74) is 8.58. The fraction of sp³-hybridized carbons (Fsp3) is 0.0714. The highest BCUT2D eigenvalue weighted by molar-refractivity contribution is 7.30. The van der Waals surface area contributed by atoms with Gasteiger partial charge in [0.15, 0.2) is 17.5 Å². The minimum atomic E-state index is -0.0165. The summed E-state index contributed by atoms with van der Waals surface area (Å²) in [6.07, 6.45) is 0. The molecule has 3 heterocycles. The second-order valence-corrected chi connectivity index (χ2v) is 14.8. The van der Waals surface area contributed by atoms with Gasteiger partial charge in [-0.3, -0.25) is 0 Å². The highest BCUT2D eigenvalue weighted by Gasteiger charge is 2.36. The predicted octanol–water partition coefficient (Wildman–Crippen LogP) is 11.9. The lowest BCUT2D eigenvalue weighted by molar-refractivity contribution is 0.661. The molecule has 222 valence electrons. The van der Waals surface area contributed by atoms with Crippen LogP contribution >= 0.6 is 22.7 Å². The molecule has 47 heavy (non-hydrogen) atoms. The van der Waals surface area contributed by atoms with Gasteiger partial charge in [0.25, 0.3) is 0 Å². The third-order valence-corrected chi connectivity index (χ3v) is 12.2. The molecule has 0 N–H and O–H groups in total. The number of rotatable bonds is 3. The van der Waals surface area contributed by atoms with E-state index in [2.05, 4.69) is 105 Å². The van der Waals surface area contributed by atoms with Gasteiger partial charge in [-0.15, -0.1) is 22.7 Å². The van der Waals surface area contributed by atoms with E-state index in [9.17, 15) is 0 Å². The van der Waals surface area contributed by atoms with Gasteiger partial charge in [0, 0.05) is 68.0 Å². The molecule has 0 radical (unpaired) electrons. The second kappa shape index (κ2) is 9.88. The van der Waals surface area contributed by atoms with Crippen molar-refractivity contribution in [2.75, 3.05) is 0 Å². The Bertz CT molecular complexity index is 2650. The summed E-state index contributed by atoms with van der Waals surface area (Å²) in [7, 11) is 0. The van der Waals surface area contributed by atoms with E-state index in [-0.39, 0.29) is 5.41 Å². The Hall–Kier alpha value is -5.23. The van der Waals surface area contributed by atoms with E-state index in [0.29, 0.717) is 17.5 Å². The number of thiophene rings is 2. The average Bonchev–Trinajstić information content (AvgIpc) is 3.76. The van der Waals surface area contributed by atoms with E-state index in [0.717, 1.165) is 16.7 Å². The van der Waals surface area contributed by atoms with E-state index in [4.69, 9.17) is 15.0 Å². The quantitative estimate of drug-likeness (QED) is 0.193. The lowest BCUT2D eigenvalue weighted by Gasteiger charge is -2.21. The van der Waals surface area contributed by atoms with Gasteiger partial charge >= 0.3 is 0 Å². The molecule has 1 aliphatic carbocycles. The first-order valence-corrected chi connectivity index (χ1v) is 17.5. The monoisotopic (exact) mass is 637 g/mol. The molecule has 5 heteroatoms. The highest BCUT2D eigenvalue weighted by Crippen LogP contribution is 2.55. The van der Waals surface area contributed by atoms with Crippen molar-refractivity contribution in [3.63, 3.8) is 0 Å². The summed E-state index contributed by atoms with van der Waals surface area (Å²) in [6.45, 7) is 4.72. The molecule has 0 atom stereocenters. The van der Waals surface area contributed by atoms with E-state index >= 15 is 0 Å². The van der Waals surface area contributed by atoms with E-state index in [1.54, 1.807) is 0 Å². The first-order chi connectivity index (χ1) is 23.1. The van der Waals surface area contributed by atoms with E-state index in [1.807, 2.05) is 59.1 Å². The number of benzene rings is 6. The summed E-state index contributed by atoms with van der Waals surface area (Å²) in [5.74, 6) is 2.05. The Labute approximate surface area is 279 Å². The van der Waals surface area contributed by atoms with Crippen LogP contribution in [-0.2, 0) is 5.41 Å². The van der Waals surface area contributed by atoms with Crippen LogP contribution in [-0.4, -0.2) is 15.0 Å². The van der Waals surface area contributed by atoms with Gasteiger partial charge in [0.2, 0.25) is 0 Å². The number of nitrogens with zero attached hydrogens (tertiary/aromatic N) is 3. The molecule has 0 unspecified atom stereocenters. The van der Waals surface area contributed by atoms with Crippen molar-refractivity contribution in [3.05, 3.63) is 139 Å². The largest absolute Gasteiger partial charge is 0.208 e. The topological polar surface area (TPSA) is 38.7 Å². The molecule has 0 bridgehead atoms. The van der Waals surface area contributed by atoms with Gasteiger partial charge in [-0.25, -0.2) is 15.0 Å². The van der Waals surface area contributed by atoms with Crippen LogP contribution in [0.3, 0.4) is 0 Å². The van der Waals surface area contributed by atoms with Crippen molar-refractivity contribution in [3.8, 4) is 45.3 Å². The summed E-state index contributed by atoms with van der Waals surface area (Å²) in [6, 6.07) is 45.3. The van der Waals surface area contributed by atoms with E-state index < -0.39 is 0 Å². The lowest BCUT2D eigenvalue weighted by atomic mass is 9.82. The van der Waals surface area contributed by atoms with Crippen molar-refractivity contribution >= 4 is 63.0 Å². The summed E-state index contributed by atoms with van der Waals surface area (Å²) >= 11 is 3.78. The van der Waals surface area contributed by atoms with Crippen molar-refractivity contribution in [1.29, 1.82) is 0 Å². The molecule has 6 aromatic carbocycles. The van der Waals surface area contributed by atoms with Crippen molar-refractivity contribution in [2.45, 2.75) is 19.3 Å². The average molecular weight is 638 g/mol. The maximum atomic E-state index is 5.08. The minimum Gasteiger partial charge on any atom is -0.208 e. The van der Waals surface area contributed by atoms with Crippen LogP contribution in [0.4, 0.5) is 0 Å². The van der Waals surface area contributed by atoms with E-state index in [1.165, 1.54) is 62.6 Å². The number of aromatic nitrogens is 3. The molecule has 1 aliphatic rings. The Kier molecular flexibility index (Phi) is 5.66. The zero-order valence-corrected chi connectivity index (χ0v) is 27.4. The van der Waals surface area contributed by atoms with Gasteiger partial charge in [-0.1, -0.05) is 129 Å². The van der Waals surface area contributed by atoms with Crippen molar-refractivity contribution in [2.24, 2.45) is 0 Å². The molecular weight excluding hydrogens is 611 g/mol. The SMILES string of the molecule is CC1(C)c2ccccc2-c2c1ccc1c2sc2c1ccc1sc3c(-c4nc(-c5ccccc5)nc(-c5ccccc5)n4)cccc3c12. The van der Waals surface area contributed by atoms with Crippen LogP contribution in [0.15, 0.2) is 127 Å². The van der Waals surface area contributed by atoms with Crippen LogP contribution in [0, 0.1) is 0 Å². The molecule has 10 rings (SSSR count). The van der Waals surface area contributed by atoms with Gasteiger partial charge in [0.1, 0.15) is 0 Å². The van der Waals surface area contributed by atoms with Crippen molar-refractivity contribution < 1.29 is 0 Å². The number of fused-ring (bicyclic) bond motifs is 11. The minimum absolute atomic E-state index is 0.0165. The zero-order chi connectivity index (χ0) is 31.3. The summed E-state index contributed by atoms with van der Waals surface area (Å²) in [4.78, 5) is 15.1. The molecule has 9 aromatic rings. The standard InChI is InChI=1S/C42H27N3S2/c1-42(2)31-19-10-9-16-28(31)34-32(42)22-20-26-27-21-23-33-35(38(27)47-37(26)34)29-17-11-18-30(36(29)46-33)41-44-39(24-12-5-3-6-13-24)43-40(45-41)25-14-7-4-8-15-25/h3-23H,1-2H3. The lowest BCUT2D eigenvalue weighted by Crippen LogP contribution is -2.14. The van der Waals surface area contributed by atoms with Gasteiger partial charge in [0.05, 0.1) is 0 Å². The van der Waals surface area contributed by atoms with Gasteiger partial charge in [-0.05, 0) is 28.8 Å². The zero-order valence-electron chi connectivity index (χ0n) is 25.8. The third kappa shape index (κ3) is 3.87. The number of hydrogen-bond acceptors (Lipinski definition) is 5. The molecule has 0 fully saturated rings. The molecular formula is C42H27N3S2. The Morgan fingerprint density at radius 2 is 1.06 bits per heavy atom. The van der Waals surface area contributed by atoms with Crippen LogP contribution in [0.5, 0.6) is 0 Å². The van der Waals surface area contributed by atoms with Crippen LogP contribution < -0.4 is 0 Å². The molecule has 0 saturated carbocycles. The molecule has 0 aliphatic heterocycles. The Morgan fingerprint density at radius 3 is 1.81 bits per heavy atom. The molecule has 3 aromatic heterocycles. The highest BCUT2D eigenvalue weighted by atomic mass is 32.1. The first-order valence-electron chi connectivity index (χ1n) is 15.9. The fourth-order valence-electron chi connectivity index (χ4n) is 7.46. The molecule has 0 amide bonds. The smallest absolute Gasteiger partial charge is 0.165 e. The van der Waals surface area contributed by atoms with Gasteiger partial charge < -0.3 is 0 Å². The predicted molar refractivity (Wildman–Crippen MR) is 199 cm³/mol. The fourth-order valence-corrected chi connectivity index (χ4v) is 10.2. The Morgan fingerprint density at radius 1 is 0.447 bits per heavy atom. The molecule has 3 nitrogen and oxygen atoms in total. The second-order valence-electron chi connectivity index (χ2n) is 12.8. The summed E-state index contributed by atoms with van der Waals surface area (Å²) < 4.78 is 5.22.